The number of hydrogen-bond acceptors (Lipinski definition) is 4. The maximum atomic E-state index is 9.30. The van der Waals surface area contributed by atoms with Gasteiger partial charge in [-0.2, -0.15) is 0 Å². The normalized spacial score (nSPS) is 12.7. The molecule has 0 aliphatic carbocycles. The molecule has 0 bridgehead atoms. The molecule has 2 aromatic rings. The van der Waals surface area contributed by atoms with Crippen molar-refractivity contribution in [3.05, 3.63) is 30.0 Å². The second kappa shape index (κ2) is 4.45. The van der Waals surface area contributed by atoms with E-state index >= 15 is 0 Å². The Bertz CT molecular complexity index is 497. The van der Waals surface area contributed by atoms with Crippen LogP contribution in [-0.2, 0) is 6.42 Å². The summed E-state index contributed by atoms with van der Waals surface area (Å²) in [6.07, 6.45) is 1.88. The van der Waals surface area contributed by atoms with Crippen molar-refractivity contribution < 1.29 is 9.84 Å². The number of nitrogens with zero attached hydrogens (tertiary/aromatic N) is 2. The Kier molecular flexibility index (Phi) is 3.01. The van der Waals surface area contributed by atoms with E-state index in [1.165, 1.54) is 0 Å². The Morgan fingerprint density at radius 3 is 2.88 bits per heavy atom. The van der Waals surface area contributed by atoms with E-state index < -0.39 is 0 Å². The molecule has 84 valence electrons. The van der Waals surface area contributed by atoms with Gasteiger partial charge in [0.15, 0.2) is 0 Å². The number of rotatable bonds is 3. The van der Waals surface area contributed by atoms with E-state index in [9.17, 15) is 5.11 Å². The van der Waals surface area contributed by atoms with E-state index in [2.05, 4.69) is 9.97 Å². The molecule has 1 unspecified atom stereocenters. The fourth-order valence-electron chi connectivity index (χ4n) is 1.61. The third-order valence-corrected chi connectivity index (χ3v) is 2.32. The minimum absolute atomic E-state index is 0.344. The number of methoxy groups -OCH3 is 1. The van der Waals surface area contributed by atoms with Gasteiger partial charge < -0.3 is 9.84 Å². The monoisotopic (exact) mass is 218 g/mol. The fourth-order valence-corrected chi connectivity index (χ4v) is 1.61. The number of hydrogen-bond donors (Lipinski definition) is 1. The SMILES string of the molecule is COc1cnc2cc(CC(C)O)ccc2n1. The van der Waals surface area contributed by atoms with Crippen LogP contribution >= 0.6 is 0 Å². The van der Waals surface area contributed by atoms with E-state index in [4.69, 9.17) is 4.74 Å². The Balaban J connectivity index is 2.39. The van der Waals surface area contributed by atoms with Gasteiger partial charge in [-0.25, -0.2) is 9.97 Å². The molecule has 1 heterocycles. The van der Waals surface area contributed by atoms with Crippen LogP contribution in [0.4, 0.5) is 0 Å². The summed E-state index contributed by atoms with van der Waals surface area (Å²) in [7, 11) is 1.57. The summed E-state index contributed by atoms with van der Waals surface area (Å²) < 4.78 is 5.00. The molecular weight excluding hydrogens is 204 g/mol. The van der Waals surface area contributed by atoms with Crippen LogP contribution in [0.5, 0.6) is 5.88 Å². The number of fused-ring (bicyclic) bond motifs is 1. The van der Waals surface area contributed by atoms with E-state index in [-0.39, 0.29) is 6.10 Å². The lowest BCUT2D eigenvalue weighted by Crippen LogP contribution is -2.04. The van der Waals surface area contributed by atoms with Crippen molar-refractivity contribution in [2.75, 3.05) is 7.11 Å². The summed E-state index contributed by atoms with van der Waals surface area (Å²) >= 11 is 0. The molecule has 0 aliphatic rings. The first-order valence-corrected chi connectivity index (χ1v) is 5.17. The first kappa shape index (κ1) is 10.8. The quantitative estimate of drug-likeness (QED) is 0.849. The highest BCUT2D eigenvalue weighted by molar-refractivity contribution is 5.75. The molecule has 0 saturated carbocycles. The lowest BCUT2D eigenvalue weighted by Gasteiger charge is -2.05. The average molecular weight is 218 g/mol. The molecule has 0 amide bonds. The average Bonchev–Trinajstić information content (AvgIpc) is 2.27. The summed E-state index contributed by atoms with van der Waals surface area (Å²) in [5.74, 6) is 0.510. The zero-order valence-corrected chi connectivity index (χ0v) is 9.34. The maximum absolute atomic E-state index is 9.30. The van der Waals surface area contributed by atoms with E-state index in [1.807, 2.05) is 18.2 Å². The number of aromatic nitrogens is 2. The summed E-state index contributed by atoms with van der Waals surface area (Å²) in [5.41, 5.74) is 2.68. The molecule has 1 N–H and O–H groups in total. The van der Waals surface area contributed by atoms with Crippen LogP contribution in [0.2, 0.25) is 0 Å². The van der Waals surface area contributed by atoms with Crippen LogP contribution in [0, 0.1) is 0 Å². The third kappa shape index (κ3) is 2.28. The molecule has 4 nitrogen and oxygen atoms in total. The van der Waals surface area contributed by atoms with Crippen molar-refractivity contribution in [1.29, 1.82) is 0 Å². The van der Waals surface area contributed by atoms with Gasteiger partial charge in [-0.15, -0.1) is 0 Å². The molecule has 0 aliphatic heterocycles. The van der Waals surface area contributed by atoms with Crippen LogP contribution in [-0.4, -0.2) is 28.3 Å². The van der Waals surface area contributed by atoms with Gasteiger partial charge in [-0.1, -0.05) is 6.07 Å². The number of aliphatic hydroxyl groups excluding tert-OH is 1. The van der Waals surface area contributed by atoms with Crippen molar-refractivity contribution in [1.82, 2.24) is 9.97 Å². The minimum atomic E-state index is -0.344. The van der Waals surface area contributed by atoms with Gasteiger partial charge in [0.25, 0.3) is 0 Å². The van der Waals surface area contributed by atoms with Crippen molar-refractivity contribution in [2.24, 2.45) is 0 Å². The van der Waals surface area contributed by atoms with Gasteiger partial charge in [-0.05, 0) is 31.0 Å². The Morgan fingerprint density at radius 1 is 1.38 bits per heavy atom. The molecule has 2 rings (SSSR count). The van der Waals surface area contributed by atoms with Crippen LogP contribution in [0.15, 0.2) is 24.4 Å². The van der Waals surface area contributed by atoms with Gasteiger partial charge in [0.1, 0.15) is 0 Å². The van der Waals surface area contributed by atoms with Crippen molar-refractivity contribution in [3.63, 3.8) is 0 Å². The van der Waals surface area contributed by atoms with Crippen LogP contribution in [0.25, 0.3) is 11.0 Å². The second-order valence-electron chi connectivity index (χ2n) is 3.79. The molecular formula is C12H14N2O2. The predicted octanol–water partition coefficient (Wildman–Crippen LogP) is 1.56. The third-order valence-electron chi connectivity index (χ3n) is 2.32. The zero-order valence-electron chi connectivity index (χ0n) is 9.34. The van der Waals surface area contributed by atoms with E-state index in [0.29, 0.717) is 12.3 Å². The summed E-state index contributed by atoms with van der Waals surface area (Å²) in [6.45, 7) is 1.77. The first-order chi connectivity index (χ1) is 7.69. The van der Waals surface area contributed by atoms with Gasteiger partial charge in [0.2, 0.25) is 5.88 Å². The van der Waals surface area contributed by atoms with Crippen LogP contribution < -0.4 is 4.74 Å². The highest BCUT2D eigenvalue weighted by Gasteiger charge is 2.03. The Labute approximate surface area is 93.9 Å². The summed E-state index contributed by atoms with van der Waals surface area (Å²) in [5, 5.41) is 9.30. The van der Waals surface area contributed by atoms with Gasteiger partial charge in [0, 0.05) is 0 Å². The molecule has 0 saturated heterocycles. The highest BCUT2D eigenvalue weighted by atomic mass is 16.5. The van der Waals surface area contributed by atoms with Crippen molar-refractivity contribution >= 4 is 11.0 Å². The molecule has 0 spiro atoms. The fraction of sp³-hybridized carbons (Fsp3) is 0.333. The van der Waals surface area contributed by atoms with Crippen molar-refractivity contribution in [2.45, 2.75) is 19.4 Å². The van der Waals surface area contributed by atoms with E-state index in [1.54, 1.807) is 20.2 Å². The van der Waals surface area contributed by atoms with Crippen molar-refractivity contribution in [3.8, 4) is 5.88 Å². The molecule has 4 heteroatoms. The lowest BCUT2D eigenvalue weighted by molar-refractivity contribution is 0.195. The zero-order chi connectivity index (χ0) is 11.5. The van der Waals surface area contributed by atoms with Gasteiger partial charge in [0.05, 0.1) is 30.4 Å². The number of ether oxygens (including phenoxy) is 1. The Hall–Kier alpha value is -1.68. The maximum Gasteiger partial charge on any atom is 0.232 e. The molecule has 1 aromatic heterocycles. The molecule has 0 radical (unpaired) electrons. The van der Waals surface area contributed by atoms with Crippen LogP contribution in [0.1, 0.15) is 12.5 Å². The largest absolute Gasteiger partial charge is 0.480 e. The molecule has 1 aromatic carbocycles. The topological polar surface area (TPSA) is 55.2 Å². The smallest absolute Gasteiger partial charge is 0.232 e. The minimum Gasteiger partial charge on any atom is -0.480 e. The predicted molar refractivity (Wildman–Crippen MR) is 61.5 cm³/mol. The molecule has 0 fully saturated rings. The first-order valence-electron chi connectivity index (χ1n) is 5.17. The molecule has 16 heavy (non-hydrogen) atoms. The summed E-state index contributed by atoms with van der Waals surface area (Å²) in [4.78, 5) is 8.52. The number of benzene rings is 1. The highest BCUT2D eigenvalue weighted by Crippen LogP contribution is 2.16. The lowest BCUT2D eigenvalue weighted by atomic mass is 10.1. The van der Waals surface area contributed by atoms with Gasteiger partial charge in [-0.3, -0.25) is 0 Å². The van der Waals surface area contributed by atoms with Crippen LogP contribution in [0.3, 0.4) is 0 Å². The second-order valence-corrected chi connectivity index (χ2v) is 3.79. The Morgan fingerprint density at radius 2 is 2.19 bits per heavy atom. The van der Waals surface area contributed by atoms with Gasteiger partial charge >= 0.3 is 0 Å². The number of aliphatic hydroxyl groups is 1. The standard InChI is InChI=1S/C12H14N2O2/c1-8(15)5-9-3-4-10-11(6-9)13-7-12(14-10)16-2/h3-4,6-8,15H,5H2,1-2H3. The molecule has 1 atom stereocenters. The van der Waals surface area contributed by atoms with E-state index in [0.717, 1.165) is 16.6 Å². The summed E-state index contributed by atoms with van der Waals surface area (Å²) in [6, 6.07) is 5.78.